The minimum Gasteiger partial charge on any atom is -0.389 e. The molecule has 0 saturated heterocycles. The summed E-state index contributed by atoms with van der Waals surface area (Å²) in [5.41, 5.74) is 0. The molecule has 0 amide bonds. The fourth-order valence-electron chi connectivity index (χ4n) is 1.04. The van der Waals surface area contributed by atoms with Crippen molar-refractivity contribution in [2.45, 2.75) is 13.0 Å². The van der Waals surface area contributed by atoms with E-state index in [0.717, 1.165) is 0 Å². The van der Waals surface area contributed by atoms with Crippen LogP contribution in [0.3, 0.4) is 0 Å². The second kappa shape index (κ2) is 6.31. The summed E-state index contributed by atoms with van der Waals surface area (Å²) in [6, 6.07) is 2.82. The summed E-state index contributed by atoms with van der Waals surface area (Å²) < 4.78 is 18.1. The maximum atomic E-state index is 13.1. The lowest BCUT2D eigenvalue weighted by molar-refractivity contribution is 0.0495. The summed E-state index contributed by atoms with van der Waals surface area (Å²) in [6.07, 6.45) is 0.826. The lowest BCUT2D eigenvalue weighted by Gasteiger charge is -2.12. The maximum absolute atomic E-state index is 13.1. The van der Waals surface area contributed by atoms with E-state index in [1.807, 2.05) is 6.92 Å². The summed E-state index contributed by atoms with van der Waals surface area (Å²) in [4.78, 5) is 3.79. The number of halogens is 1. The molecule has 5 heteroatoms. The van der Waals surface area contributed by atoms with E-state index in [-0.39, 0.29) is 19.0 Å². The Labute approximate surface area is 88.1 Å². The molecule has 2 N–H and O–H groups in total. The van der Waals surface area contributed by atoms with Crippen LogP contribution in [0, 0.1) is 5.82 Å². The Bertz CT molecular complexity index is 297. The van der Waals surface area contributed by atoms with Crippen molar-refractivity contribution in [3.8, 4) is 0 Å². The van der Waals surface area contributed by atoms with Gasteiger partial charge in [-0.3, -0.25) is 0 Å². The summed E-state index contributed by atoms with van der Waals surface area (Å²) in [5, 5.41) is 12.1. The molecule has 0 bridgehead atoms. The second-order valence-corrected chi connectivity index (χ2v) is 3.03. The molecule has 0 radical (unpaired) electrons. The third kappa shape index (κ3) is 4.22. The quantitative estimate of drug-likeness (QED) is 0.742. The number of ether oxygens (including phenoxy) is 1. The largest absolute Gasteiger partial charge is 0.389 e. The van der Waals surface area contributed by atoms with Crippen molar-refractivity contribution in [2.24, 2.45) is 0 Å². The molecule has 15 heavy (non-hydrogen) atoms. The molecule has 0 unspecified atom stereocenters. The van der Waals surface area contributed by atoms with Crippen LogP contribution in [-0.2, 0) is 4.74 Å². The number of anilines is 1. The average molecular weight is 214 g/mol. The predicted molar refractivity (Wildman–Crippen MR) is 55.2 cm³/mol. The normalized spacial score (nSPS) is 12.5. The molecule has 1 atom stereocenters. The number of pyridine rings is 1. The van der Waals surface area contributed by atoms with Crippen LogP contribution in [0.1, 0.15) is 6.92 Å². The summed E-state index contributed by atoms with van der Waals surface area (Å²) in [6.45, 7) is 2.85. The molecule has 4 nitrogen and oxygen atoms in total. The number of nitrogens with zero attached hydrogens (tertiary/aromatic N) is 1. The van der Waals surface area contributed by atoms with E-state index in [2.05, 4.69) is 10.3 Å². The Morgan fingerprint density at radius 3 is 3.13 bits per heavy atom. The fourth-order valence-corrected chi connectivity index (χ4v) is 1.04. The number of nitrogens with one attached hydrogen (secondary N) is 1. The zero-order valence-electron chi connectivity index (χ0n) is 8.61. The SMILES string of the molecule is CCOC[C@H](O)CNc1ncccc1F. The number of hydrogen-bond acceptors (Lipinski definition) is 4. The Morgan fingerprint density at radius 1 is 1.67 bits per heavy atom. The van der Waals surface area contributed by atoms with Crippen molar-refractivity contribution >= 4 is 5.82 Å². The van der Waals surface area contributed by atoms with Gasteiger partial charge in [0, 0.05) is 19.3 Å². The van der Waals surface area contributed by atoms with Crippen molar-refractivity contribution in [3.05, 3.63) is 24.1 Å². The summed E-state index contributed by atoms with van der Waals surface area (Å²) in [5.74, 6) is -0.283. The topological polar surface area (TPSA) is 54.4 Å². The first-order valence-electron chi connectivity index (χ1n) is 4.84. The van der Waals surface area contributed by atoms with Crippen LogP contribution in [0.15, 0.2) is 18.3 Å². The number of aliphatic hydroxyl groups is 1. The highest BCUT2D eigenvalue weighted by atomic mass is 19.1. The molecule has 1 heterocycles. The van der Waals surface area contributed by atoms with Gasteiger partial charge in [-0.15, -0.1) is 0 Å². The van der Waals surface area contributed by atoms with Gasteiger partial charge in [-0.25, -0.2) is 9.37 Å². The van der Waals surface area contributed by atoms with Gasteiger partial charge in [-0.2, -0.15) is 0 Å². The van der Waals surface area contributed by atoms with Crippen LogP contribution in [0.4, 0.5) is 10.2 Å². The fraction of sp³-hybridized carbons (Fsp3) is 0.500. The highest BCUT2D eigenvalue weighted by molar-refractivity contribution is 5.35. The molecule has 0 aliphatic carbocycles. The number of rotatable bonds is 6. The van der Waals surface area contributed by atoms with Crippen molar-refractivity contribution in [1.29, 1.82) is 0 Å². The van der Waals surface area contributed by atoms with Gasteiger partial charge in [-0.05, 0) is 19.1 Å². The maximum Gasteiger partial charge on any atom is 0.165 e. The Hall–Kier alpha value is -1.20. The Morgan fingerprint density at radius 2 is 2.47 bits per heavy atom. The molecule has 0 spiro atoms. The van der Waals surface area contributed by atoms with E-state index in [1.165, 1.54) is 18.3 Å². The first-order valence-corrected chi connectivity index (χ1v) is 4.84. The second-order valence-electron chi connectivity index (χ2n) is 3.03. The van der Waals surface area contributed by atoms with E-state index in [1.54, 1.807) is 0 Å². The molecule has 84 valence electrons. The van der Waals surface area contributed by atoms with Crippen LogP contribution >= 0.6 is 0 Å². The zero-order valence-corrected chi connectivity index (χ0v) is 8.61. The monoisotopic (exact) mass is 214 g/mol. The third-order valence-electron chi connectivity index (χ3n) is 1.78. The Balaban J connectivity index is 2.33. The third-order valence-corrected chi connectivity index (χ3v) is 1.78. The van der Waals surface area contributed by atoms with E-state index in [9.17, 15) is 9.50 Å². The molecule has 1 aromatic heterocycles. The van der Waals surface area contributed by atoms with Crippen molar-refractivity contribution < 1.29 is 14.2 Å². The van der Waals surface area contributed by atoms with Gasteiger partial charge in [0.25, 0.3) is 0 Å². The van der Waals surface area contributed by atoms with E-state index >= 15 is 0 Å². The van der Waals surface area contributed by atoms with Crippen molar-refractivity contribution in [3.63, 3.8) is 0 Å². The number of hydrogen-bond donors (Lipinski definition) is 2. The van der Waals surface area contributed by atoms with Gasteiger partial charge in [0.2, 0.25) is 0 Å². The average Bonchev–Trinajstić information content (AvgIpc) is 2.25. The highest BCUT2D eigenvalue weighted by Gasteiger charge is 2.06. The first kappa shape index (κ1) is 11.9. The van der Waals surface area contributed by atoms with E-state index in [0.29, 0.717) is 6.61 Å². The van der Waals surface area contributed by atoms with E-state index in [4.69, 9.17) is 4.74 Å². The minimum atomic E-state index is -0.661. The van der Waals surface area contributed by atoms with Crippen LogP contribution < -0.4 is 5.32 Å². The molecule has 0 aliphatic rings. The highest BCUT2D eigenvalue weighted by Crippen LogP contribution is 2.07. The van der Waals surface area contributed by atoms with Crippen molar-refractivity contribution in [1.82, 2.24) is 4.98 Å². The number of aliphatic hydroxyl groups excluding tert-OH is 1. The van der Waals surface area contributed by atoms with Crippen molar-refractivity contribution in [2.75, 3.05) is 25.1 Å². The van der Waals surface area contributed by atoms with Gasteiger partial charge >= 0.3 is 0 Å². The first-order chi connectivity index (χ1) is 7.24. The molecule has 0 saturated carbocycles. The van der Waals surface area contributed by atoms with Gasteiger partial charge in [0.05, 0.1) is 12.7 Å². The van der Waals surface area contributed by atoms with Crippen LogP contribution in [0.25, 0.3) is 0 Å². The standard InChI is InChI=1S/C10H15FN2O2/c1-2-15-7-8(14)6-13-10-9(11)4-3-5-12-10/h3-5,8,14H,2,6-7H2,1H3,(H,12,13)/t8-/m1/s1. The lowest BCUT2D eigenvalue weighted by atomic mass is 10.3. The van der Waals surface area contributed by atoms with Gasteiger partial charge in [0.15, 0.2) is 11.6 Å². The van der Waals surface area contributed by atoms with Crippen LogP contribution in [0.5, 0.6) is 0 Å². The predicted octanol–water partition coefficient (Wildman–Crippen LogP) is 1.03. The van der Waals surface area contributed by atoms with Gasteiger partial charge in [-0.1, -0.05) is 0 Å². The molecule has 1 aromatic rings. The van der Waals surface area contributed by atoms with Crippen LogP contribution in [0.2, 0.25) is 0 Å². The zero-order chi connectivity index (χ0) is 11.1. The van der Waals surface area contributed by atoms with E-state index < -0.39 is 11.9 Å². The van der Waals surface area contributed by atoms with Crippen LogP contribution in [-0.4, -0.2) is 36.0 Å². The van der Waals surface area contributed by atoms with Gasteiger partial charge < -0.3 is 15.2 Å². The molecule has 0 aliphatic heterocycles. The van der Waals surface area contributed by atoms with Gasteiger partial charge in [0.1, 0.15) is 0 Å². The smallest absolute Gasteiger partial charge is 0.165 e. The number of aromatic nitrogens is 1. The minimum absolute atomic E-state index is 0.146. The molecular formula is C10H15FN2O2. The Kier molecular flexibility index (Phi) is 5.00. The molecule has 0 fully saturated rings. The lowest BCUT2D eigenvalue weighted by Crippen LogP contribution is -2.25. The molecule has 1 rings (SSSR count). The molecule has 0 aromatic carbocycles. The summed E-state index contributed by atoms with van der Waals surface area (Å²) in [7, 11) is 0. The summed E-state index contributed by atoms with van der Waals surface area (Å²) >= 11 is 0. The molecular weight excluding hydrogens is 199 g/mol.